The van der Waals surface area contributed by atoms with E-state index in [2.05, 4.69) is 5.10 Å². The highest BCUT2D eigenvalue weighted by Crippen LogP contribution is 2.30. The largest absolute Gasteiger partial charge is 0.408 e. The molecule has 1 aromatic heterocycles. The summed E-state index contributed by atoms with van der Waals surface area (Å²) in [7, 11) is -3.93. The molecule has 0 saturated heterocycles. The van der Waals surface area contributed by atoms with E-state index >= 15 is 0 Å². The third kappa shape index (κ3) is 4.84. The quantitative estimate of drug-likeness (QED) is 0.668. The van der Waals surface area contributed by atoms with Crippen LogP contribution in [0.3, 0.4) is 0 Å². The summed E-state index contributed by atoms with van der Waals surface area (Å²) < 4.78 is 61.6. The van der Waals surface area contributed by atoms with E-state index in [0.29, 0.717) is 20.8 Å². The van der Waals surface area contributed by atoms with Crippen LogP contribution < -0.4 is 10.7 Å². The fraction of sp³-hybridized carbons (Fsp3) is 0.111. The third-order valence-corrected chi connectivity index (χ3v) is 5.18. The molecule has 152 valence electrons. The first kappa shape index (κ1) is 21.0. The van der Waals surface area contributed by atoms with E-state index in [9.17, 15) is 26.4 Å². The molecule has 3 aromatic rings. The zero-order valence-electron chi connectivity index (χ0n) is 14.5. The molecule has 0 unspecified atom stereocenters. The number of benzene rings is 2. The summed E-state index contributed by atoms with van der Waals surface area (Å²) >= 11 is 5.86. The molecule has 3 rings (SSSR count). The Kier molecular flexibility index (Phi) is 5.52. The molecule has 0 spiro atoms. The van der Waals surface area contributed by atoms with Crippen molar-refractivity contribution >= 4 is 21.6 Å². The fourth-order valence-corrected chi connectivity index (χ4v) is 3.35. The Morgan fingerprint density at radius 2 is 1.55 bits per heavy atom. The molecule has 0 fully saturated rings. The maximum absolute atomic E-state index is 12.8. The summed E-state index contributed by atoms with van der Waals surface area (Å²) in [6.07, 6.45) is -3.50. The molecular weight excluding hydrogens is 431 g/mol. The molecular formula is C18H13ClF3N3O3S. The summed E-state index contributed by atoms with van der Waals surface area (Å²) in [6.45, 7) is -1.54. The second kappa shape index (κ2) is 7.62. The molecule has 0 saturated carbocycles. The van der Waals surface area contributed by atoms with Gasteiger partial charge < -0.3 is 0 Å². The van der Waals surface area contributed by atoms with E-state index in [0.717, 1.165) is 6.20 Å². The van der Waals surface area contributed by atoms with Gasteiger partial charge in [-0.2, -0.15) is 18.3 Å². The van der Waals surface area contributed by atoms with Crippen LogP contribution in [0.5, 0.6) is 0 Å². The normalized spacial score (nSPS) is 12.2. The number of aromatic nitrogens is 2. The van der Waals surface area contributed by atoms with Gasteiger partial charge in [-0.1, -0.05) is 35.9 Å². The molecule has 0 bridgehead atoms. The van der Waals surface area contributed by atoms with E-state index in [4.69, 9.17) is 16.7 Å². The van der Waals surface area contributed by atoms with Gasteiger partial charge in [0, 0.05) is 10.6 Å². The van der Waals surface area contributed by atoms with Crippen molar-refractivity contribution in [2.24, 2.45) is 5.14 Å². The third-order valence-electron chi connectivity index (χ3n) is 4.00. The van der Waals surface area contributed by atoms with E-state index in [1.807, 2.05) is 0 Å². The lowest BCUT2D eigenvalue weighted by Crippen LogP contribution is -2.31. The summed E-state index contributed by atoms with van der Waals surface area (Å²) in [5.41, 5.74) is -0.0204. The van der Waals surface area contributed by atoms with Crippen LogP contribution in [-0.4, -0.2) is 24.4 Å². The maximum Gasteiger partial charge on any atom is 0.408 e. The van der Waals surface area contributed by atoms with Crippen LogP contribution in [0.4, 0.5) is 13.2 Å². The molecule has 6 nitrogen and oxygen atoms in total. The molecule has 2 N–H and O–H groups in total. The second-order valence-corrected chi connectivity index (χ2v) is 8.09. The van der Waals surface area contributed by atoms with Gasteiger partial charge in [-0.25, -0.2) is 18.2 Å². The van der Waals surface area contributed by atoms with Gasteiger partial charge in [0.05, 0.1) is 16.7 Å². The minimum absolute atomic E-state index is 0.0238. The van der Waals surface area contributed by atoms with Crippen molar-refractivity contribution in [3.05, 3.63) is 70.1 Å². The molecule has 0 aliphatic carbocycles. The monoisotopic (exact) mass is 443 g/mol. The van der Waals surface area contributed by atoms with Crippen molar-refractivity contribution < 1.29 is 21.6 Å². The summed E-state index contributed by atoms with van der Waals surface area (Å²) in [6, 6.07) is 11.2. The molecule has 11 heteroatoms. The van der Waals surface area contributed by atoms with Crippen LogP contribution in [0.1, 0.15) is 0 Å². The first-order valence-corrected chi connectivity index (χ1v) is 9.94. The molecule has 1 heterocycles. The van der Waals surface area contributed by atoms with Crippen molar-refractivity contribution in [2.75, 3.05) is 0 Å². The Morgan fingerprint density at radius 3 is 2.07 bits per heavy atom. The molecule has 0 radical (unpaired) electrons. The van der Waals surface area contributed by atoms with Crippen LogP contribution >= 0.6 is 11.6 Å². The van der Waals surface area contributed by atoms with E-state index in [1.54, 1.807) is 0 Å². The van der Waals surface area contributed by atoms with Gasteiger partial charge in [0.15, 0.2) is 0 Å². The number of hydrogen-bond acceptors (Lipinski definition) is 4. The van der Waals surface area contributed by atoms with Crippen molar-refractivity contribution in [1.29, 1.82) is 0 Å². The van der Waals surface area contributed by atoms with Gasteiger partial charge in [-0.05, 0) is 35.4 Å². The van der Waals surface area contributed by atoms with Crippen LogP contribution in [0.2, 0.25) is 5.02 Å². The van der Waals surface area contributed by atoms with Crippen molar-refractivity contribution in [3.8, 4) is 22.3 Å². The highest BCUT2D eigenvalue weighted by molar-refractivity contribution is 7.89. The van der Waals surface area contributed by atoms with Gasteiger partial charge in [0.1, 0.15) is 6.54 Å². The van der Waals surface area contributed by atoms with E-state index in [-0.39, 0.29) is 16.0 Å². The Labute approximate surface area is 168 Å². The van der Waals surface area contributed by atoms with Crippen molar-refractivity contribution in [2.45, 2.75) is 17.6 Å². The van der Waals surface area contributed by atoms with E-state index in [1.165, 1.54) is 48.5 Å². The first-order chi connectivity index (χ1) is 13.5. The van der Waals surface area contributed by atoms with Gasteiger partial charge in [0.25, 0.3) is 5.56 Å². The summed E-state index contributed by atoms with van der Waals surface area (Å²) in [4.78, 5) is 12.7. The molecule has 0 amide bonds. The van der Waals surface area contributed by atoms with Crippen LogP contribution in [0.15, 0.2) is 64.4 Å². The SMILES string of the molecule is NS(=O)(=O)c1ccc(-c2cnn(CC(F)(F)F)c(=O)c2-c2ccc(Cl)cc2)cc1. The molecule has 29 heavy (non-hydrogen) atoms. The average Bonchev–Trinajstić information content (AvgIpc) is 2.62. The minimum Gasteiger partial charge on any atom is -0.267 e. The molecule has 0 aliphatic rings. The highest BCUT2D eigenvalue weighted by atomic mass is 35.5. The second-order valence-electron chi connectivity index (χ2n) is 6.09. The lowest BCUT2D eigenvalue weighted by molar-refractivity contribution is -0.143. The minimum atomic E-state index is -4.63. The first-order valence-electron chi connectivity index (χ1n) is 8.02. The molecule has 0 atom stereocenters. The molecule has 0 aliphatic heterocycles. The number of nitrogens with two attached hydrogens (primary N) is 1. The summed E-state index contributed by atoms with van der Waals surface area (Å²) in [5, 5.41) is 9.09. The fourth-order valence-electron chi connectivity index (χ4n) is 2.71. The Bertz CT molecular complexity index is 1210. The number of rotatable bonds is 4. The Morgan fingerprint density at radius 1 is 1.00 bits per heavy atom. The van der Waals surface area contributed by atoms with E-state index < -0.39 is 28.3 Å². The van der Waals surface area contributed by atoms with Crippen molar-refractivity contribution in [3.63, 3.8) is 0 Å². The van der Waals surface area contributed by atoms with Gasteiger partial charge in [-0.15, -0.1) is 0 Å². The van der Waals surface area contributed by atoms with Gasteiger partial charge in [-0.3, -0.25) is 4.79 Å². The number of halogens is 4. The number of nitrogens with zero attached hydrogens (tertiary/aromatic N) is 2. The van der Waals surface area contributed by atoms with Crippen LogP contribution in [0.25, 0.3) is 22.3 Å². The smallest absolute Gasteiger partial charge is 0.267 e. The topological polar surface area (TPSA) is 95.1 Å². The predicted molar refractivity (Wildman–Crippen MR) is 102 cm³/mol. The van der Waals surface area contributed by atoms with Crippen molar-refractivity contribution in [1.82, 2.24) is 9.78 Å². The molecule has 2 aromatic carbocycles. The maximum atomic E-state index is 12.8. The average molecular weight is 444 g/mol. The standard InChI is InChI=1S/C18H13ClF3N3O3S/c19-13-5-1-12(2-6-13)16-15(9-24-25(17(16)26)10-18(20,21)22)11-3-7-14(8-4-11)29(23,27)28/h1-9H,10H2,(H2,23,27,28). The van der Waals surface area contributed by atoms with Gasteiger partial charge in [0.2, 0.25) is 10.0 Å². The van der Waals surface area contributed by atoms with Crippen LogP contribution in [0, 0.1) is 0 Å². The number of sulfonamides is 1. The van der Waals surface area contributed by atoms with Crippen LogP contribution in [-0.2, 0) is 16.6 Å². The zero-order chi connectivity index (χ0) is 21.4. The Balaban J connectivity index is 2.22. The lowest BCUT2D eigenvalue weighted by atomic mass is 9.97. The number of hydrogen-bond donors (Lipinski definition) is 1. The number of alkyl halides is 3. The predicted octanol–water partition coefficient (Wildman–Crippen LogP) is 3.44. The Hall–Kier alpha value is -2.69. The summed E-state index contributed by atoms with van der Waals surface area (Å²) in [5.74, 6) is 0. The zero-order valence-corrected chi connectivity index (χ0v) is 16.1. The number of primary sulfonamides is 1. The highest BCUT2D eigenvalue weighted by Gasteiger charge is 2.30. The lowest BCUT2D eigenvalue weighted by Gasteiger charge is -2.14. The van der Waals surface area contributed by atoms with Gasteiger partial charge >= 0.3 is 6.18 Å².